The fraction of sp³-hybridized carbons (Fsp3) is 0.333. The first-order valence-electron chi connectivity index (χ1n) is 11.6. The number of carbonyl (C=O) groups excluding carboxylic acids is 2. The minimum absolute atomic E-state index is 0.0448. The molecule has 0 N–H and O–H groups in total. The topological polar surface area (TPSA) is 43.9 Å². The molecule has 2 aliphatic heterocycles. The van der Waals surface area contributed by atoms with Crippen molar-refractivity contribution in [2.24, 2.45) is 0 Å². The van der Waals surface area contributed by atoms with E-state index in [4.69, 9.17) is 0 Å². The Labute approximate surface area is 199 Å². The molecule has 2 amide bonds. The van der Waals surface area contributed by atoms with E-state index in [2.05, 4.69) is 47.5 Å². The molecule has 1 aromatic heterocycles. The lowest BCUT2D eigenvalue weighted by Crippen LogP contribution is -2.53. The molecule has 6 heteroatoms. The maximum absolute atomic E-state index is 13.3. The van der Waals surface area contributed by atoms with Crippen LogP contribution in [0.5, 0.6) is 0 Å². The third-order valence-corrected chi connectivity index (χ3v) is 7.82. The molecule has 1 atom stereocenters. The number of hydrogen-bond donors (Lipinski definition) is 0. The fourth-order valence-electron chi connectivity index (χ4n) is 4.99. The number of nitrogens with zero attached hydrogens (tertiary/aromatic N) is 3. The first-order chi connectivity index (χ1) is 16.1. The minimum Gasteiger partial charge on any atom is -0.338 e. The SMILES string of the molecule is Cc1ccccc1[C@@H]1c2ccsc2CCN1CC(=O)N1CCN(C(=O)c2ccccc2)CC1. The van der Waals surface area contributed by atoms with Crippen molar-refractivity contribution in [2.75, 3.05) is 39.3 Å². The van der Waals surface area contributed by atoms with Crippen molar-refractivity contribution in [2.45, 2.75) is 19.4 Å². The summed E-state index contributed by atoms with van der Waals surface area (Å²) < 4.78 is 0. The Hall–Kier alpha value is -2.96. The Morgan fingerprint density at radius 1 is 0.848 bits per heavy atom. The number of amides is 2. The zero-order chi connectivity index (χ0) is 22.8. The summed E-state index contributed by atoms with van der Waals surface area (Å²) in [6.45, 7) is 5.77. The van der Waals surface area contributed by atoms with Crippen molar-refractivity contribution in [3.8, 4) is 0 Å². The highest BCUT2D eigenvalue weighted by molar-refractivity contribution is 7.10. The smallest absolute Gasteiger partial charge is 0.253 e. The summed E-state index contributed by atoms with van der Waals surface area (Å²) in [6, 6.07) is 20.2. The van der Waals surface area contributed by atoms with Crippen molar-refractivity contribution >= 4 is 23.2 Å². The van der Waals surface area contributed by atoms with E-state index >= 15 is 0 Å². The molecule has 1 saturated heterocycles. The number of piperazine rings is 1. The lowest BCUT2D eigenvalue weighted by molar-refractivity contribution is -0.134. The molecule has 0 spiro atoms. The summed E-state index contributed by atoms with van der Waals surface area (Å²) in [4.78, 5) is 33.6. The molecule has 3 aromatic rings. The minimum atomic E-state index is 0.0448. The first kappa shape index (κ1) is 21.9. The number of aryl methyl sites for hydroxylation is 1. The maximum Gasteiger partial charge on any atom is 0.253 e. The van der Waals surface area contributed by atoms with Crippen LogP contribution in [0.4, 0.5) is 0 Å². The van der Waals surface area contributed by atoms with Crippen LogP contribution >= 0.6 is 11.3 Å². The lowest BCUT2D eigenvalue weighted by Gasteiger charge is -2.39. The van der Waals surface area contributed by atoms with Crippen LogP contribution in [-0.2, 0) is 11.2 Å². The summed E-state index contributed by atoms with van der Waals surface area (Å²) in [5, 5.41) is 2.17. The van der Waals surface area contributed by atoms with E-state index in [0.717, 1.165) is 13.0 Å². The molecule has 3 heterocycles. The van der Waals surface area contributed by atoms with Crippen molar-refractivity contribution in [1.29, 1.82) is 0 Å². The molecule has 0 radical (unpaired) electrons. The number of thiophene rings is 1. The van der Waals surface area contributed by atoms with Crippen LogP contribution in [0.15, 0.2) is 66.0 Å². The van der Waals surface area contributed by atoms with Crippen molar-refractivity contribution in [3.63, 3.8) is 0 Å². The zero-order valence-corrected chi connectivity index (χ0v) is 19.8. The summed E-state index contributed by atoms with van der Waals surface area (Å²) in [7, 11) is 0. The lowest BCUT2D eigenvalue weighted by atomic mass is 9.90. The van der Waals surface area contributed by atoms with Gasteiger partial charge in [-0.25, -0.2) is 0 Å². The largest absolute Gasteiger partial charge is 0.338 e. The molecule has 5 rings (SSSR count). The van der Waals surface area contributed by atoms with E-state index in [1.165, 1.54) is 21.6 Å². The van der Waals surface area contributed by atoms with Gasteiger partial charge in [0, 0.05) is 43.2 Å². The molecular weight excluding hydrogens is 430 g/mol. The normalized spacial score (nSPS) is 18.8. The predicted molar refractivity (Wildman–Crippen MR) is 132 cm³/mol. The molecule has 33 heavy (non-hydrogen) atoms. The van der Waals surface area contributed by atoms with Gasteiger partial charge >= 0.3 is 0 Å². The van der Waals surface area contributed by atoms with Crippen LogP contribution < -0.4 is 0 Å². The van der Waals surface area contributed by atoms with Gasteiger partial charge in [0.25, 0.3) is 5.91 Å². The van der Waals surface area contributed by atoms with Crippen LogP contribution in [0.1, 0.15) is 38.0 Å². The number of hydrogen-bond acceptors (Lipinski definition) is 4. The van der Waals surface area contributed by atoms with Crippen molar-refractivity contribution in [1.82, 2.24) is 14.7 Å². The number of rotatable bonds is 4. The van der Waals surface area contributed by atoms with Crippen LogP contribution in [0.3, 0.4) is 0 Å². The zero-order valence-electron chi connectivity index (χ0n) is 18.9. The van der Waals surface area contributed by atoms with Gasteiger partial charge in [-0.2, -0.15) is 0 Å². The van der Waals surface area contributed by atoms with E-state index < -0.39 is 0 Å². The average molecular weight is 460 g/mol. The van der Waals surface area contributed by atoms with Gasteiger partial charge in [0.15, 0.2) is 0 Å². The van der Waals surface area contributed by atoms with E-state index in [1.54, 1.807) is 0 Å². The van der Waals surface area contributed by atoms with Crippen molar-refractivity contribution in [3.05, 3.63) is 93.2 Å². The highest BCUT2D eigenvalue weighted by atomic mass is 32.1. The Morgan fingerprint density at radius 2 is 1.55 bits per heavy atom. The summed E-state index contributed by atoms with van der Waals surface area (Å²) in [5.74, 6) is 0.197. The third-order valence-electron chi connectivity index (χ3n) is 6.83. The van der Waals surface area contributed by atoms with E-state index in [9.17, 15) is 9.59 Å². The molecule has 0 unspecified atom stereocenters. The van der Waals surface area contributed by atoms with Gasteiger partial charge in [0.1, 0.15) is 0 Å². The maximum atomic E-state index is 13.3. The quantitative estimate of drug-likeness (QED) is 0.593. The Bertz CT molecular complexity index is 1140. The molecule has 0 aliphatic carbocycles. The van der Waals surface area contributed by atoms with E-state index in [-0.39, 0.29) is 17.9 Å². The van der Waals surface area contributed by atoms with Crippen LogP contribution in [0.2, 0.25) is 0 Å². The molecule has 0 saturated carbocycles. The van der Waals surface area contributed by atoms with Gasteiger partial charge in [-0.05, 0) is 53.6 Å². The van der Waals surface area contributed by atoms with Gasteiger partial charge in [-0.3, -0.25) is 14.5 Å². The fourth-order valence-corrected chi connectivity index (χ4v) is 5.90. The van der Waals surface area contributed by atoms with Gasteiger partial charge in [0.05, 0.1) is 12.6 Å². The number of fused-ring (bicyclic) bond motifs is 1. The van der Waals surface area contributed by atoms with Crippen LogP contribution in [0.25, 0.3) is 0 Å². The highest BCUT2D eigenvalue weighted by Crippen LogP contribution is 2.38. The Morgan fingerprint density at radius 3 is 2.30 bits per heavy atom. The molecule has 170 valence electrons. The molecule has 5 nitrogen and oxygen atoms in total. The standard InChI is InChI=1S/C27H29N3O2S/c1-20-7-5-6-10-22(20)26-23-12-18-33-24(23)11-13-30(26)19-25(31)28-14-16-29(17-15-28)27(32)21-8-3-2-4-9-21/h2-10,12,18,26H,11,13-17,19H2,1H3/t26-/m1/s1. The Kier molecular flexibility index (Phi) is 6.29. The number of benzene rings is 2. The highest BCUT2D eigenvalue weighted by Gasteiger charge is 2.33. The number of carbonyl (C=O) groups is 2. The molecule has 2 aliphatic rings. The molecular formula is C27H29N3O2S. The summed E-state index contributed by atoms with van der Waals surface area (Å²) in [6.07, 6.45) is 0.988. The van der Waals surface area contributed by atoms with Gasteiger partial charge in [-0.15, -0.1) is 11.3 Å². The summed E-state index contributed by atoms with van der Waals surface area (Å²) in [5.41, 5.74) is 4.58. The summed E-state index contributed by atoms with van der Waals surface area (Å²) >= 11 is 1.82. The van der Waals surface area contributed by atoms with Gasteiger partial charge in [-0.1, -0.05) is 42.5 Å². The molecule has 0 bridgehead atoms. The van der Waals surface area contributed by atoms with Crippen molar-refractivity contribution < 1.29 is 9.59 Å². The average Bonchev–Trinajstić information content (AvgIpc) is 3.34. The second kappa shape index (κ2) is 9.49. The van der Waals surface area contributed by atoms with Gasteiger partial charge in [0.2, 0.25) is 5.91 Å². The van der Waals surface area contributed by atoms with Crippen LogP contribution in [0, 0.1) is 6.92 Å². The first-order valence-corrected chi connectivity index (χ1v) is 12.5. The molecule has 1 fully saturated rings. The third kappa shape index (κ3) is 4.45. The molecule has 2 aromatic carbocycles. The Balaban J connectivity index is 1.27. The van der Waals surface area contributed by atoms with E-state index in [0.29, 0.717) is 38.3 Å². The van der Waals surface area contributed by atoms with Crippen LogP contribution in [-0.4, -0.2) is 65.8 Å². The van der Waals surface area contributed by atoms with E-state index in [1.807, 2.05) is 51.5 Å². The second-order valence-electron chi connectivity index (χ2n) is 8.82. The second-order valence-corrected chi connectivity index (χ2v) is 9.82. The predicted octanol–water partition coefficient (Wildman–Crippen LogP) is 3.99. The monoisotopic (exact) mass is 459 g/mol. The van der Waals surface area contributed by atoms with Gasteiger partial charge < -0.3 is 9.80 Å².